The molecule has 0 aliphatic heterocycles. The maximum absolute atomic E-state index is 6.14. The quantitative estimate of drug-likeness (QED) is 0.882. The highest BCUT2D eigenvalue weighted by Gasteiger charge is 2.22. The van der Waals surface area contributed by atoms with Gasteiger partial charge in [-0.05, 0) is 56.2 Å². The maximum atomic E-state index is 6.14. The van der Waals surface area contributed by atoms with Gasteiger partial charge in [0.25, 0.3) is 0 Å². The highest BCUT2D eigenvalue weighted by molar-refractivity contribution is 5.43. The van der Waals surface area contributed by atoms with Gasteiger partial charge in [0, 0.05) is 6.04 Å². The average Bonchev–Trinajstić information content (AvgIpc) is 2.48. The summed E-state index contributed by atoms with van der Waals surface area (Å²) in [7, 11) is 1.68. The van der Waals surface area contributed by atoms with Gasteiger partial charge < -0.3 is 15.2 Å². The van der Waals surface area contributed by atoms with Gasteiger partial charge in [-0.15, -0.1) is 0 Å². The molecule has 112 valence electrons. The number of benzene rings is 1. The fourth-order valence-corrected chi connectivity index (χ4v) is 2.90. The molecule has 20 heavy (non-hydrogen) atoms. The molecule has 0 amide bonds. The largest absolute Gasteiger partial charge is 0.493 e. The monoisotopic (exact) mass is 277 g/mol. The second-order valence-electron chi connectivity index (χ2n) is 5.87. The summed E-state index contributed by atoms with van der Waals surface area (Å²) in [5, 5.41) is 0. The molecule has 1 saturated carbocycles. The first kappa shape index (κ1) is 15.2. The van der Waals surface area contributed by atoms with Crippen LogP contribution in [0.25, 0.3) is 0 Å². The summed E-state index contributed by atoms with van der Waals surface area (Å²) < 4.78 is 11.6. The first-order valence-electron chi connectivity index (χ1n) is 7.74. The van der Waals surface area contributed by atoms with Crippen LogP contribution in [-0.4, -0.2) is 13.2 Å². The minimum Gasteiger partial charge on any atom is -0.493 e. The van der Waals surface area contributed by atoms with E-state index in [0.29, 0.717) is 6.10 Å². The lowest BCUT2D eigenvalue weighted by Gasteiger charge is -2.29. The van der Waals surface area contributed by atoms with E-state index in [4.69, 9.17) is 15.2 Å². The van der Waals surface area contributed by atoms with E-state index in [2.05, 4.69) is 6.92 Å². The van der Waals surface area contributed by atoms with E-state index in [1.165, 1.54) is 19.3 Å². The van der Waals surface area contributed by atoms with Crippen molar-refractivity contribution in [1.82, 2.24) is 0 Å². The fraction of sp³-hybridized carbons (Fsp3) is 0.647. The Morgan fingerprint density at radius 1 is 1.20 bits per heavy atom. The lowest BCUT2D eigenvalue weighted by atomic mass is 9.86. The predicted octanol–water partition coefficient (Wildman–Crippen LogP) is 4.06. The zero-order chi connectivity index (χ0) is 14.5. The molecule has 0 heterocycles. The standard InChI is InChI=1S/C17H27NO2/c1-4-13-5-8-15(9-6-13)20-16-10-7-14(12(2)18)11-17(16)19-3/h7,10-13,15H,4-6,8-9,18H2,1-3H3. The van der Waals surface area contributed by atoms with Crippen molar-refractivity contribution in [3.8, 4) is 11.5 Å². The SMILES string of the molecule is CCC1CCC(Oc2ccc(C(C)N)cc2OC)CC1. The first-order chi connectivity index (χ1) is 9.63. The molecule has 0 radical (unpaired) electrons. The molecule has 1 aliphatic rings. The number of ether oxygens (including phenoxy) is 2. The van der Waals surface area contributed by atoms with Crippen LogP contribution in [0, 0.1) is 5.92 Å². The van der Waals surface area contributed by atoms with Gasteiger partial charge in [0.15, 0.2) is 11.5 Å². The van der Waals surface area contributed by atoms with E-state index in [1.54, 1.807) is 7.11 Å². The second kappa shape index (κ2) is 6.98. The van der Waals surface area contributed by atoms with E-state index >= 15 is 0 Å². The van der Waals surface area contributed by atoms with E-state index < -0.39 is 0 Å². The molecule has 2 N–H and O–H groups in total. The molecule has 1 atom stereocenters. The predicted molar refractivity (Wildman–Crippen MR) is 82.3 cm³/mol. The van der Waals surface area contributed by atoms with E-state index in [1.807, 2.05) is 25.1 Å². The number of nitrogens with two attached hydrogens (primary N) is 1. The van der Waals surface area contributed by atoms with Crippen molar-refractivity contribution in [3.05, 3.63) is 23.8 Å². The van der Waals surface area contributed by atoms with Gasteiger partial charge in [0.1, 0.15) is 0 Å². The van der Waals surface area contributed by atoms with Gasteiger partial charge in [-0.1, -0.05) is 19.4 Å². The van der Waals surface area contributed by atoms with Crippen LogP contribution in [0.4, 0.5) is 0 Å². The Balaban J connectivity index is 2.02. The molecule has 0 saturated heterocycles. The van der Waals surface area contributed by atoms with Crippen molar-refractivity contribution in [3.63, 3.8) is 0 Å². The maximum Gasteiger partial charge on any atom is 0.161 e. The number of rotatable bonds is 5. The highest BCUT2D eigenvalue weighted by Crippen LogP contribution is 2.34. The lowest BCUT2D eigenvalue weighted by Crippen LogP contribution is -2.24. The molecule has 1 aromatic carbocycles. The van der Waals surface area contributed by atoms with Gasteiger partial charge in [-0.25, -0.2) is 0 Å². The average molecular weight is 277 g/mol. The Labute approximate surface area is 122 Å². The zero-order valence-corrected chi connectivity index (χ0v) is 12.9. The third kappa shape index (κ3) is 3.66. The first-order valence-corrected chi connectivity index (χ1v) is 7.74. The molecular weight excluding hydrogens is 250 g/mol. The minimum atomic E-state index is 0.0120. The molecule has 2 rings (SSSR count). The number of methoxy groups -OCH3 is 1. The second-order valence-corrected chi connectivity index (χ2v) is 5.87. The third-order valence-corrected chi connectivity index (χ3v) is 4.38. The minimum absolute atomic E-state index is 0.0120. The summed E-state index contributed by atoms with van der Waals surface area (Å²) >= 11 is 0. The van der Waals surface area contributed by atoms with Crippen LogP contribution >= 0.6 is 0 Å². The zero-order valence-electron chi connectivity index (χ0n) is 12.9. The lowest BCUT2D eigenvalue weighted by molar-refractivity contribution is 0.126. The van der Waals surface area contributed by atoms with Crippen LogP contribution in [0.2, 0.25) is 0 Å². The van der Waals surface area contributed by atoms with E-state index in [9.17, 15) is 0 Å². The van der Waals surface area contributed by atoms with Gasteiger partial charge in [0.2, 0.25) is 0 Å². The Hall–Kier alpha value is -1.22. The van der Waals surface area contributed by atoms with Crippen LogP contribution in [0.3, 0.4) is 0 Å². The molecule has 1 unspecified atom stereocenters. The molecular formula is C17H27NO2. The van der Waals surface area contributed by atoms with Crippen molar-refractivity contribution in [2.24, 2.45) is 11.7 Å². The summed E-state index contributed by atoms with van der Waals surface area (Å²) in [6, 6.07) is 6.01. The summed E-state index contributed by atoms with van der Waals surface area (Å²) in [6.45, 7) is 4.25. The Morgan fingerprint density at radius 2 is 1.90 bits per heavy atom. The Kier molecular flexibility index (Phi) is 5.30. The smallest absolute Gasteiger partial charge is 0.161 e. The summed E-state index contributed by atoms with van der Waals surface area (Å²) in [4.78, 5) is 0. The van der Waals surface area contributed by atoms with Crippen molar-refractivity contribution in [2.75, 3.05) is 7.11 Å². The molecule has 1 fully saturated rings. The summed E-state index contributed by atoms with van der Waals surface area (Å²) in [6.07, 6.45) is 6.47. The van der Waals surface area contributed by atoms with E-state index in [-0.39, 0.29) is 6.04 Å². The van der Waals surface area contributed by atoms with Crippen LogP contribution in [0.5, 0.6) is 11.5 Å². The summed E-state index contributed by atoms with van der Waals surface area (Å²) in [5.74, 6) is 2.52. The summed E-state index contributed by atoms with van der Waals surface area (Å²) in [5.41, 5.74) is 6.98. The molecule has 0 bridgehead atoms. The number of hydrogen-bond acceptors (Lipinski definition) is 3. The molecule has 1 aromatic rings. The normalized spacial score (nSPS) is 24.2. The van der Waals surface area contributed by atoms with Crippen LogP contribution in [-0.2, 0) is 0 Å². The Bertz CT molecular complexity index is 423. The van der Waals surface area contributed by atoms with E-state index in [0.717, 1.165) is 35.8 Å². The number of hydrogen-bond donors (Lipinski definition) is 1. The fourth-order valence-electron chi connectivity index (χ4n) is 2.90. The van der Waals surface area contributed by atoms with Crippen molar-refractivity contribution < 1.29 is 9.47 Å². The van der Waals surface area contributed by atoms with Gasteiger partial charge >= 0.3 is 0 Å². The third-order valence-electron chi connectivity index (χ3n) is 4.38. The molecule has 0 aromatic heterocycles. The van der Waals surface area contributed by atoms with Gasteiger partial charge in [0.05, 0.1) is 13.2 Å². The van der Waals surface area contributed by atoms with Crippen LogP contribution < -0.4 is 15.2 Å². The highest BCUT2D eigenvalue weighted by atomic mass is 16.5. The van der Waals surface area contributed by atoms with Crippen molar-refractivity contribution >= 4 is 0 Å². The molecule has 3 heteroatoms. The molecule has 1 aliphatic carbocycles. The Morgan fingerprint density at radius 3 is 2.45 bits per heavy atom. The van der Waals surface area contributed by atoms with Gasteiger partial charge in [-0.3, -0.25) is 0 Å². The molecule has 0 spiro atoms. The van der Waals surface area contributed by atoms with Crippen LogP contribution in [0.15, 0.2) is 18.2 Å². The topological polar surface area (TPSA) is 44.5 Å². The van der Waals surface area contributed by atoms with Crippen LogP contribution in [0.1, 0.15) is 57.6 Å². The van der Waals surface area contributed by atoms with Crippen molar-refractivity contribution in [1.29, 1.82) is 0 Å². The van der Waals surface area contributed by atoms with Crippen molar-refractivity contribution in [2.45, 2.75) is 58.1 Å². The molecule has 3 nitrogen and oxygen atoms in total. The van der Waals surface area contributed by atoms with Gasteiger partial charge in [-0.2, -0.15) is 0 Å².